The molecule has 0 bridgehead atoms. The van der Waals surface area contributed by atoms with Gasteiger partial charge in [0.15, 0.2) is 0 Å². The van der Waals surface area contributed by atoms with Crippen molar-refractivity contribution in [2.24, 2.45) is 0 Å². The molecule has 3 aromatic carbocycles. The Morgan fingerprint density at radius 3 is 2.13 bits per heavy atom. The van der Waals surface area contributed by atoms with Crippen molar-refractivity contribution >= 4 is 28.5 Å². The lowest BCUT2D eigenvalue weighted by atomic mass is 9.94. The molecular formula is C26H24N2O3. The van der Waals surface area contributed by atoms with Crippen LogP contribution >= 0.6 is 0 Å². The Labute approximate surface area is 181 Å². The molecule has 3 amide bonds. The topological polar surface area (TPSA) is 57.7 Å². The van der Waals surface area contributed by atoms with Crippen LogP contribution in [-0.2, 0) is 11.3 Å². The lowest BCUT2D eigenvalue weighted by Gasteiger charge is -2.28. The molecule has 1 fully saturated rings. The largest absolute Gasteiger partial charge is 0.335 e. The first-order valence-corrected chi connectivity index (χ1v) is 10.8. The smallest absolute Gasteiger partial charge is 0.261 e. The SMILES string of the molecule is O=C1c2cccc3cccc(c23)C(=O)N1CCCC(=O)N(Cc1ccccc1)C1CC1. The van der Waals surface area contributed by atoms with Crippen molar-refractivity contribution in [3.8, 4) is 0 Å². The highest BCUT2D eigenvalue weighted by molar-refractivity contribution is 6.25. The quantitative estimate of drug-likeness (QED) is 0.540. The third kappa shape index (κ3) is 3.72. The van der Waals surface area contributed by atoms with Crippen molar-refractivity contribution in [1.82, 2.24) is 9.80 Å². The molecule has 1 aliphatic carbocycles. The van der Waals surface area contributed by atoms with Crippen LogP contribution in [-0.4, -0.2) is 40.1 Å². The highest BCUT2D eigenvalue weighted by atomic mass is 16.2. The molecule has 5 rings (SSSR count). The number of carbonyl (C=O) groups excluding carboxylic acids is 3. The Morgan fingerprint density at radius 2 is 1.52 bits per heavy atom. The minimum absolute atomic E-state index is 0.0887. The van der Waals surface area contributed by atoms with Gasteiger partial charge in [-0.1, -0.05) is 54.6 Å². The van der Waals surface area contributed by atoms with Crippen LogP contribution in [0, 0.1) is 0 Å². The van der Waals surface area contributed by atoms with Crippen molar-refractivity contribution in [2.75, 3.05) is 6.54 Å². The average Bonchev–Trinajstić information content (AvgIpc) is 3.64. The molecule has 31 heavy (non-hydrogen) atoms. The maximum absolute atomic E-state index is 13.0. The summed E-state index contributed by atoms with van der Waals surface area (Å²) in [5, 5.41) is 1.63. The van der Waals surface area contributed by atoms with E-state index in [0.717, 1.165) is 29.2 Å². The number of amides is 3. The van der Waals surface area contributed by atoms with Gasteiger partial charge < -0.3 is 4.90 Å². The van der Waals surface area contributed by atoms with Crippen LogP contribution < -0.4 is 0 Å². The Kier molecular flexibility index (Phi) is 5.02. The van der Waals surface area contributed by atoms with Crippen molar-refractivity contribution in [3.63, 3.8) is 0 Å². The summed E-state index contributed by atoms with van der Waals surface area (Å²) in [5.74, 6) is -0.457. The fourth-order valence-corrected chi connectivity index (χ4v) is 4.40. The number of carbonyl (C=O) groups is 3. The van der Waals surface area contributed by atoms with E-state index in [4.69, 9.17) is 0 Å². The summed E-state index contributed by atoms with van der Waals surface area (Å²) in [6.07, 6.45) is 2.88. The third-order valence-electron chi connectivity index (χ3n) is 6.13. The van der Waals surface area contributed by atoms with Gasteiger partial charge in [-0.15, -0.1) is 0 Å². The molecule has 0 N–H and O–H groups in total. The highest BCUT2D eigenvalue weighted by Crippen LogP contribution is 2.31. The van der Waals surface area contributed by atoms with Crippen LogP contribution in [0.2, 0.25) is 0 Å². The zero-order valence-corrected chi connectivity index (χ0v) is 17.3. The molecule has 0 aromatic heterocycles. The highest BCUT2D eigenvalue weighted by Gasteiger charge is 2.34. The van der Waals surface area contributed by atoms with Gasteiger partial charge in [-0.25, -0.2) is 0 Å². The summed E-state index contributed by atoms with van der Waals surface area (Å²) in [6.45, 7) is 0.860. The average molecular weight is 412 g/mol. The van der Waals surface area contributed by atoms with Crippen LogP contribution in [0.3, 0.4) is 0 Å². The number of nitrogens with zero attached hydrogens (tertiary/aromatic N) is 2. The maximum Gasteiger partial charge on any atom is 0.261 e. The van der Waals surface area contributed by atoms with E-state index in [-0.39, 0.29) is 24.3 Å². The second kappa shape index (κ2) is 7.99. The van der Waals surface area contributed by atoms with Crippen molar-refractivity contribution in [3.05, 3.63) is 83.4 Å². The number of benzene rings is 3. The molecule has 5 heteroatoms. The molecule has 0 radical (unpaired) electrons. The first kappa shape index (κ1) is 19.5. The normalized spacial score (nSPS) is 15.4. The van der Waals surface area contributed by atoms with Gasteiger partial charge in [0, 0.05) is 42.1 Å². The Hall–Kier alpha value is -3.47. The number of rotatable bonds is 7. The summed E-state index contributed by atoms with van der Waals surface area (Å²) in [6, 6.07) is 21.4. The number of imide groups is 1. The van der Waals surface area contributed by atoms with Gasteiger partial charge in [0.25, 0.3) is 11.8 Å². The van der Waals surface area contributed by atoms with Crippen LogP contribution in [0.25, 0.3) is 10.8 Å². The minimum atomic E-state index is -0.273. The molecular weight excluding hydrogens is 388 g/mol. The van der Waals surface area contributed by atoms with Crippen LogP contribution in [0.1, 0.15) is 52.0 Å². The first-order valence-electron chi connectivity index (χ1n) is 10.8. The first-order chi connectivity index (χ1) is 15.1. The van der Waals surface area contributed by atoms with E-state index in [1.807, 2.05) is 59.5 Å². The monoisotopic (exact) mass is 412 g/mol. The fraction of sp³-hybridized carbons (Fsp3) is 0.269. The van der Waals surface area contributed by atoms with Gasteiger partial charge in [0.05, 0.1) is 0 Å². The van der Waals surface area contributed by atoms with Gasteiger partial charge in [0.1, 0.15) is 0 Å². The summed E-state index contributed by atoms with van der Waals surface area (Å²) >= 11 is 0. The van der Waals surface area contributed by atoms with Crippen molar-refractivity contribution in [2.45, 2.75) is 38.3 Å². The van der Waals surface area contributed by atoms with Crippen LogP contribution in [0.4, 0.5) is 0 Å². The van der Waals surface area contributed by atoms with Gasteiger partial charge in [-0.05, 0) is 42.3 Å². The second-order valence-electron chi connectivity index (χ2n) is 8.31. The molecule has 0 unspecified atom stereocenters. The minimum Gasteiger partial charge on any atom is -0.335 e. The Bertz CT molecular complexity index is 1120. The Balaban J connectivity index is 1.26. The van der Waals surface area contributed by atoms with E-state index in [0.29, 0.717) is 36.6 Å². The predicted molar refractivity (Wildman–Crippen MR) is 119 cm³/mol. The number of hydrogen-bond acceptors (Lipinski definition) is 3. The molecule has 5 nitrogen and oxygen atoms in total. The predicted octanol–water partition coefficient (Wildman–Crippen LogP) is 4.41. The molecule has 156 valence electrons. The van der Waals surface area contributed by atoms with E-state index < -0.39 is 0 Å². The summed E-state index contributed by atoms with van der Waals surface area (Å²) in [5.41, 5.74) is 2.24. The number of hydrogen-bond donors (Lipinski definition) is 0. The van der Waals surface area contributed by atoms with Crippen LogP contribution in [0.5, 0.6) is 0 Å². The molecule has 3 aromatic rings. The molecule has 1 saturated carbocycles. The molecule has 1 heterocycles. The zero-order chi connectivity index (χ0) is 21.4. The van der Waals surface area contributed by atoms with E-state index in [9.17, 15) is 14.4 Å². The molecule has 0 saturated heterocycles. The molecule has 1 aliphatic heterocycles. The van der Waals surface area contributed by atoms with E-state index in [1.165, 1.54) is 4.90 Å². The maximum atomic E-state index is 13.0. The Morgan fingerprint density at radius 1 is 0.871 bits per heavy atom. The summed E-state index contributed by atoms with van der Waals surface area (Å²) < 4.78 is 0. The van der Waals surface area contributed by atoms with Crippen molar-refractivity contribution < 1.29 is 14.4 Å². The van der Waals surface area contributed by atoms with Crippen LogP contribution in [0.15, 0.2) is 66.7 Å². The van der Waals surface area contributed by atoms with E-state index in [1.54, 1.807) is 12.1 Å². The van der Waals surface area contributed by atoms with Gasteiger partial charge >= 0.3 is 0 Å². The molecule has 0 spiro atoms. The fourth-order valence-electron chi connectivity index (χ4n) is 4.40. The molecule has 2 aliphatic rings. The molecule has 0 atom stereocenters. The van der Waals surface area contributed by atoms with E-state index >= 15 is 0 Å². The third-order valence-corrected chi connectivity index (χ3v) is 6.13. The summed E-state index contributed by atoms with van der Waals surface area (Å²) in [4.78, 5) is 42.2. The second-order valence-corrected chi connectivity index (χ2v) is 8.31. The van der Waals surface area contributed by atoms with Gasteiger partial charge in [0.2, 0.25) is 5.91 Å². The summed E-state index contributed by atoms with van der Waals surface area (Å²) in [7, 11) is 0. The van der Waals surface area contributed by atoms with E-state index in [2.05, 4.69) is 0 Å². The van der Waals surface area contributed by atoms with Gasteiger partial charge in [-0.3, -0.25) is 19.3 Å². The lowest BCUT2D eigenvalue weighted by Crippen LogP contribution is -2.41. The van der Waals surface area contributed by atoms with Gasteiger partial charge in [-0.2, -0.15) is 0 Å². The lowest BCUT2D eigenvalue weighted by molar-refractivity contribution is -0.132. The standard InChI is InChI=1S/C26H24N2O3/c29-23(28(20-14-15-20)17-18-7-2-1-3-8-18)13-6-16-27-25(30)21-11-4-9-19-10-5-12-22(24(19)21)26(27)31/h1-5,7-12,20H,6,13-17H2. The van der Waals surface area contributed by atoms with Crippen molar-refractivity contribution in [1.29, 1.82) is 0 Å². The zero-order valence-electron chi connectivity index (χ0n) is 17.3.